The van der Waals surface area contributed by atoms with Gasteiger partial charge in [0.1, 0.15) is 11.3 Å². The van der Waals surface area contributed by atoms with Gasteiger partial charge >= 0.3 is 0 Å². The van der Waals surface area contributed by atoms with Gasteiger partial charge in [-0.1, -0.05) is 43.3 Å². The minimum atomic E-state index is 0. The quantitative estimate of drug-likeness (QED) is 0.238. The minimum Gasteiger partial charge on any atom is -0.308 e. The smallest absolute Gasteiger partial charge is 0.160 e. The van der Waals surface area contributed by atoms with Crippen molar-refractivity contribution in [1.29, 1.82) is 0 Å². The van der Waals surface area contributed by atoms with Crippen LogP contribution in [0.3, 0.4) is 0 Å². The molecule has 6 nitrogen and oxygen atoms in total. The van der Waals surface area contributed by atoms with Gasteiger partial charge in [0.25, 0.3) is 0 Å². The fourth-order valence-electron chi connectivity index (χ4n) is 5.70. The van der Waals surface area contributed by atoms with Crippen LogP contribution in [0.15, 0.2) is 36.4 Å². The first-order chi connectivity index (χ1) is 18.2. The largest absolute Gasteiger partial charge is 0.308 e. The highest BCUT2D eigenvalue weighted by Crippen LogP contribution is 2.21. The van der Waals surface area contributed by atoms with Gasteiger partial charge in [0.2, 0.25) is 0 Å². The first-order valence-corrected chi connectivity index (χ1v) is 14.5. The van der Waals surface area contributed by atoms with Crippen molar-refractivity contribution in [3.8, 4) is 0 Å². The number of imidazole rings is 1. The van der Waals surface area contributed by atoms with Gasteiger partial charge < -0.3 is 4.57 Å². The maximum absolute atomic E-state index is 4.89. The van der Waals surface area contributed by atoms with Gasteiger partial charge in [0.05, 0.1) is 6.54 Å². The van der Waals surface area contributed by atoms with Crippen LogP contribution in [0.1, 0.15) is 62.8 Å². The lowest BCUT2D eigenvalue weighted by Gasteiger charge is -2.37. The van der Waals surface area contributed by atoms with E-state index in [1.165, 1.54) is 36.3 Å². The first-order valence-electron chi connectivity index (χ1n) is 14.5. The number of aryl methyl sites for hydroxylation is 3. The Kier molecular flexibility index (Phi) is 15.9. The Balaban J connectivity index is 0.00000280. The topological polar surface area (TPSA) is 40.4 Å². The summed E-state index contributed by atoms with van der Waals surface area (Å²) in [6, 6.07) is 12.3. The monoisotopic (exact) mass is 624 g/mol. The zero-order valence-corrected chi connectivity index (χ0v) is 28.4. The van der Waals surface area contributed by atoms with Crippen molar-refractivity contribution in [2.75, 3.05) is 45.8 Å². The van der Waals surface area contributed by atoms with Crippen LogP contribution in [-0.2, 0) is 13.0 Å². The van der Waals surface area contributed by atoms with Crippen LogP contribution in [0, 0.1) is 13.8 Å². The number of hydrogen-bond acceptors (Lipinski definition) is 5. The zero-order chi connectivity index (χ0) is 27.2. The van der Waals surface area contributed by atoms with Crippen molar-refractivity contribution in [2.24, 2.45) is 0 Å². The van der Waals surface area contributed by atoms with Gasteiger partial charge in [-0.15, -0.1) is 37.2 Å². The van der Waals surface area contributed by atoms with Crippen LogP contribution in [0.4, 0.5) is 0 Å². The van der Waals surface area contributed by atoms with E-state index in [0.29, 0.717) is 12.1 Å². The van der Waals surface area contributed by atoms with Crippen molar-refractivity contribution in [3.63, 3.8) is 0 Å². The lowest BCUT2D eigenvalue weighted by Crippen LogP contribution is -2.49. The van der Waals surface area contributed by atoms with Crippen LogP contribution in [0.25, 0.3) is 17.2 Å². The Bertz CT molecular complexity index is 1210. The number of nitrogens with zero attached hydrogens (tertiary/aromatic N) is 6. The maximum atomic E-state index is 4.89. The van der Waals surface area contributed by atoms with E-state index in [2.05, 4.69) is 110 Å². The molecule has 1 aliphatic rings. The van der Waals surface area contributed by atoms with E-state index in [1.807, 2.05) is 0 Å². The number of aromatic nitrogens is 3. The van der Waals surface area contributed by atoms with Crippen molar-refractivity contribution in [1.82, 2.24) is 29.2 Å². The summed E-state index contributed by atoms with van der Waals surface area (Å²) in [5.41, 5.74) is 6.81. The Morgan fingerprint density at radius 3 is 2.07 bits per heavy atom. The van der Waals surface area contributed by atoms with Crippen molar-refractivity contribution in [2.45, 2.75) is 73.5 Å². The summed E-state index contributed by atoms with van der Waals surface area (Å²) in [5, 5.41) is 0. The highest BCUT2D eigenvalue weighted by molar-refractivity contribution is 5.86. The Labute approximate surface area is 266 Å². The molecule has 9 heteroatoms. The first kappa shape index (κ1) is 37.4. The third kappa shape index (κ3) is 9.94. The van der Waals surface area contributed by atoms with E-state index in [1.54, 1.807) is 0 Å². The van der Waals surface area contributed by atoms with E-state index in [9.17, 15) is 0 Å². The van der Waals surface area contributed by atoms with Gasteiger partial charge in [-0.05, 0) is 64.3 Å². The average Bonchev–Trinajstić information content (AvgIpc) is 3.23. The summed E-state index contributed by atoms with van der Waals surface area (Å²) >= 11 is 0. The average molecular weight is 626 g/mol. The molecule has 0 N–H and O–H groups in total. The maximum Gasteiger partial charge on any atom is 0.160 e. The van der Waals surface area contributed by atoms with Crippen molar-refractivity contribution < 1.29 is 0 Å². The second kappa shape index (κ2) is 17.4. The molecule has 0 aliphatic carbocycles. The number of piperazine rings is 1. The molecule has 1 aliphatic heterocycles. The number of rotatable bonds is 11. The van der Waals surface area contributed by atoms with Crippen molar-refractivity contribution >= 4 is 54.5 Å². The lowest BCUT2D eigenvalue weighted by molar-refractivity contribution is 0.106. The molecule has 0 spiro atoms. The van der Waals surface area contributed by atoms with Crippen LogP contribution in [0.2, 0.25) is 0 Å². The number of fused-ring (bicyclic) bond motifs is 1. The molecule has 0 bridgehead atoms. The molecule has 1 aromatic carbocycles. The fraction of sp³-hybridized carbons (Fsp3) is 0.562. The summed E-state index contributed by atoms with van der Waals surface area (Å²) in [5.74, 6) is 1.10. The van der Waals surface area contributed by atoms with E-state index in [0.717, 1.165) is 61.8 Å². The Morgan fingerprint density at radius 2 is 1.49 bits per heavy atom. The normalized spacial score (nSPS) is 14.6. The molecular weight excluding hydrogens is 575 g/mol. The molecule has 3 aromatic rings. The number of benzene rings is 1. The highest BCUT2D eigenvalue weighted by atomic mass is 35.5. The third-order valence-electron chi connectivity index (χ3n) is 7.88. The van der Waals surface area contributed by atoms with Gasteiger partial charge in [0.15, 0.2) is 5.65 Å². The summed E-state index contributed by atoms with van der Waals surface area (Å²) < 4.78 is 2.28. The second-order valence-corrected chi connectivity index (χ2v) is 11.4. The second-order valence-electron chi connectivity index (χ2n) is 11.4. The van der Waals surface area contributed by atoms with E-state index >= 15 is 0 Å². The van der Waals surface area contributed by atoms with Crippen LogP contribution in [0.5, 0.6) is 0 Å². The van der Waals surface area contributed by atoms with Crippen LogP contribution in [-0.4, -0.2) is 87.1 Å². The number of pyridine rings is 1. The predicted molar refractivity (Wildman–Crippen MR) is 183 cm³/mol. The molecule has 0 unspecified atom stereocenters. The molecule has 41 heavy (non-hydrogen) atoms. The highest BCUT2D eigenvalue weighted by Gasteiger charge is 2.19. The predicted octanol–water partition coefficient (Wildman–Crippen LogP) is 6.67. The molecule has 230 valence electrons. The molecule has 0 amide bonds. The summed E-state index contributed by atoms with van der Waals surface area (Å²) in [6.45, 7) is 24.4. The Hall–Kier alpha value is -1.67. The molecule has 0 radical (unpaired) electrons. The number of halogens is 3. The van der Waals surface area contributed by atoms with E-state index in [4.69, 9.17) is 9.97 Å². The van der Waals surface area contributed by atoms with Gasteiger partial charge in [0, 0.05) is 70.0 Å². The van der Waals surface area contributed by atoms with Crippen LogP contribution >= 0.6 is 37.2 Å². The SMILES string of the molecule is CCc1nc2c(C)cc(C)nc2n1Cc1ccc(/C=C/CN2CCN(CCN(C(C)C)C(C)C)CC2)cc1.Cl.Cl.Cl. The van der Waals surface area contributed by atoms with E-state index < -0.39 is 0 Å². The molecule has 4 rings (SSSR count). The van der Waals surface area contributed by atoms with Gasteiger partial charge in [-0.25, -0.2) is 9.97 Å². The van der Waals surface area contributed by atoms with Crippen LogP contribution < -0.4 is 0 Å². The third-order valence-corrected chi connectivity index (χ3v) is 7.88. The summed E-state index contributed by atoms with van der Waals surface area (Å²) in [6.07, 6.45) is 5.48. The molecular formula is C32H51Cl3N6. The molecule has 2 aromatic heterocycles. The summed E-state index contributed by atoms with van der Waals surface area (Å²) in [7, 11) is 0. The fourth-order valence-corrected chi connectivity index (χ4v) is 5.70. The molecule has 3 heterocycles. The van der Waals surface area contributed by atoms with Gasteiger partial charge in [-0.3, -0.25) is 14.7 Å². The van der Waals surface area contributed by atoms with E-state index in [-0.39, 0.29) is 37.2 Å². The standard InChI is InChI=1S/C32H48N6.3ClH/c1-8-30-34-31-26(6)22-27(7)33-32(31)38(30)23-29-13-11-28(12-14-29)10-9-15-35-16-18-36(19-17-35)20-21-37(24(2)3)25(4)5;;;/h9-14,22,24-25H,8,15-21,23H2,1-7H3;3*1H/b10-9+;;;. The number of hydrogen-bond donors (Lipinski definition) is 0. The Morgan fingerprint density at radius 1 is 0.878 bits per heavy atom. The molecule has 1 fully saturated rings. The lowest BCUT2D eigenvalue weighted by atomic mass is 10.1. The molecule has 0 atom stereocenters. The van der Waals surface area contributed by atoms with Gasteiger partial charge in [-0.2, -0.15) is 0 Å². The zero-order valence-electron chi connectivity index (χ0n) is 26.0. The molecule has 1 saturated heterocycles. The molecule has 0 saturated carbocycles. The van der Waals surface area contributed by atoms with Crippen molar-refractivity contribution in [3.05, 3.63) is 64.6 Å². The summed E-state index contributed by atoms with van der Waals surface area (Å²) in [4.78, 5) is 17.5. The minimum absolute atomic E-state index is 0.